The van der Waals surface area contributed by atoms with E-state index in [1.165, 1.54) is 28.9 Å². The van der Waals surface area contributed by atoms with Crippen molar-refractivity contribution >= 4 is 52.9 Å². The van der Waals surface area contributed by atoms with Crippen LogP contribution in [0.5, 0.6) is 17.2 Å². The Kier molecular flexibility index (Phi) is 21.3. The Morgan fingerprint density at radius 1 is 0.547 bits per heavy atom. The molecule has 0 saturated carbocycles. The molecule has 0 aliphatic carbocycles. The number of ether oxygens (including phenoxy) is 9. The number of nitrogens with one attached hydrogen (secondary N) is 4. The minimum absolute atomic E-state index is 0.0312. The maximum absolute atomic E-state index is 13.8. The van der Waals surface area contributed by atoms with Gasteiger partial charge < -0.3 is 63.9 Å². The smallest absolute Gasteiger partial charge is 0.338 e. The van der Waals surface area contributed by atoms with Gasteiger partial charge in [0.15, 0.2) is 11.5 Å². The molecule has 23 heteroatoms. The number of hydrogen-bond donors (Lipinski definition) is 4. The molecule has 4 heterocycles. The summed E-state index contributed by atoms with van der Waals surface area (Å²) >= 11 is 0. The third kappa shape index (κ3) is 19.3. The fourth-order valence-electron chi connectivity index (χ4n) is 6.33. The maximum atomic E-state index is 13.8. The molecular weight excluding hydrogens is 975 g/mol. The minimum Gasteiger partial charge on any atom is -0.487 e. The van der Waals surface area contributed by atoms with Gasteiger partial charge in [0.1, 0.15) is 61.1 Å². The predicted molar refractivity (Wildman–Crippen MR) is 273 cm³/mol. The zero-order chi connectivity index (χ0) is 53.6. The average molecular weight is 1040 g/mol. The molecule has 5 aromatic rings. The van der Waals surface area contributed by atoms with E-state index < -0.39 is 28.6 Å². The number of fused-ring (bicyclic) bond motifs is 1. The normalized spacial score (nSPS) is 14.5. The van der Waals surface area contributed by atoms with Crippen LogP contribution in [-0.4, -0.2) is 140 Å². The second-order valence-electron chi connectivity index (χ2n) is 18.7. The van der Waals surface area contributed by atoms with Crippen LogP contribution in [0, 0.1) is 10.8 Å². The molecule has 0 spiro atoms. The summed E-state index contributed by atoms with van der Waals surface area (Å²) in [4.78, 5) is 74.8. The molecule has 0 unspecified atom stereocenters. The van der Waals surface area contributed by atoms with Gasteiger partial charge in [-0.15, -0.1) is 5.10 Å². The molecule has 3 aromatic heterocycles. The van der Waals surface area contributed by atoms with E-state index in [-0.39, 0.29) is 97.1 Å². The van der Waals surface area contributed by atoms with Crippen molar-refractivity contribution in [2.24, 2.45) is 10.8 Å². The van der Waals surface area contributed by atoms with Crippen LogP contribution in [-0.2, 0) is 51.2 Å². The number of aromatic nitrogens is 5. The first-order valence-corrected chi connectivity index (χ1v) is 24.3. The molecule has 1 aliphatic rings. The Bertz CT molecular complexity index is 2600. The lowest BCUT2D eigenvalue weighted by Crippen LogP contribution is -2.28. The number of carbonyl (C=O) groups is 5. The average Bonchev–Trinajstić information content (AvgIpc) is 3.83. The summed E-state index contributed by atoms with van der Waals surface area (Å²) in [5.41, 5.74) is -0.704. The SMILES string of the molecule is CC(C)(C)C(=O)Nc1cccc(NC(=O)c2cc(OCc3cn(CCOC(=O)c4ccc5c(c4)OCCOCCOCCOCCOCCOCCO5)nn3)cc(C(=O)Nc3cccc(NC(=O)C(C)(C)C)n3)c2)n1. The van der Waals surface area contributed by atoms with E-state index in [1.54, 1.807) is 96.3 Å². The fraction of sp³-hybridized carbons (Fsp3) is 0.442. The molecule has 1 aliphatic heterocycles. The number of amides is 4. The first-order chi connectivity index (χ1) is 36.0. The highest BCUT2D eigenvalue weighted by atomic mass is 16.6. The van der Waals surface area contributed by atoms with Crippen molar-refractivity contribution in [3.05, 3.63) is 101 Å². The zero-order valence-electron chi connectivity index (χ0n) is 43.1. The van der Waals surface area contributed by atoms with E-state index in [4.69, 9.17) is 42.6 Å². The number of hydrogen-bond acceptors (Lipinski definition) is 18. The lowest BCUT2D eigenvalue weighted by molar-refractivity contribution is -0.123. The van der Waals surface area contributed by atoms with E-state index in [0.29, 0.717) is 76.7 Å². The van der Waals surface area contributed by atoms with E-state index in [2.05, 4.69) is 41.5 Å². The fourth-order valence-corrected chi connectivity index (χ4v) is 6.33. The Hall–Kier alpha value is -7.57. The topological polar surface area (TPSA) is 273 Å². The first-order valence-electron chi connectivity index (χ1n) is 24.3. The summed E-state index contributed by atoms with van der Waals surface area (Å²) in [6.07, 6.45) is 1.60. The van der Waals surface area contributed by atoms with E-state index in [1.807, 2.05) is 0 Å². The van der Waals surface area contributed by atoms with Crippen molar-refractivity contribution < 1.29 is 66.6 Å². The molecule has 23 nitrogen and oxygen atoms in total. The van der Waals surface area contributed by atoms with Gasteiger partial charge in [0.2, 0.25) is 11.8 Å². The van der Waals surface area contributed by atoms with Gasteiger partial charge in [-0.25, -0.2) is 19.4 Å². The lowest BCUT2D eigenvalue weighted by Gasteiger charge is -2.17. The monoisotopic (exact) mass is 1040 g/mol. The number of anilines is 4. The van der Waals surface area contributed by atoms with Crippen molar-refractivity contribution in [1.29, 1.82) is 0 Å². The number of pyridine rings is 2. The summed E-state index contributed by atoms with van der Waals surface area (Å²) in [7, 11) is 0. The van der Waals surface area contributed by atoms with E-state index in [9.17, 15) is 24.0 Å². The van der Waals surface area contributed by atoms with Gasteiger partial charge in [-0.05, 0) is 60.7 Å². The lowest BCUT2D eigenvalue weighted by atomic mass is 9.96. The molecule has 75 heavy (non-hydrogen) atoms. The highest BCUT2D eigenvalue weighted by molar-refractivity contribution is 6.09. The molecule has 6 rings (SSSR count). The van der Waals surface area contributed by atoms with Crippen molar-refractivity contribution in [2.75, 3.05) is 107 Å². The van der Waals surface area contributed by atoms with Gasteiger partial charge in [-0.3, -0.25) is 19.2 Å². The maximum Gasteiger partial charge on any atom is 0.338 e. The second-order valence-corrected chi connectivity index (χ2v) is 18.7. The number of esters is 1. The molecule has 402 valence electrons. The van der Waals surface area contributed by atoms with Crippen molar-refractivity contribution in [1.82, 2.24) is 25.0 Å². The molecule has 4 N–H and O–H groups in total. The largest absolute Gasteiger partial charge is 0.487 e. The highest BCUT2D eigenvalue weighted by Gasteiger charge is 2.24. The van der Waals surface area contributed by atoms with Crippen LogP contribution < -0.4 is 35.5 Å². The van der Waals surface area contributed by atoms with Gasteiger partial charge in [-0.1, -0.05) is 58.9 Å². The third-order valence-corrected chi connectivity index (χ3v) is 10.4. The Morgan fingerprint density at radius 2 is 1.00 bits per heavy atom. The molecule has 0 saturated heterocycles. The summed E-state index contributed by atoms with van der Waals surface area (Å²) in [6.45, 7) is 14.9. The molecule has 4 amide bonds. The van der Waals surface area contributed by atoms with Crippen LogP contribution in [0.3, 0.4) is 0 Å². The summed E-state index contributed by atoms with van der Waals surface area (Å²) in [5.74, 6) is -0.818. The number of carbonyl (C=O) groups excluding carboxylic acids is 5. The number of benzene rings is 2. The Morgan fingerprint density at radius 3 is 1.48 bits per heavy atom. The van der Waals surface area contributed by atoms with E-state index in [0.717, 1.165) is 0 Å². The zero-order valence-corrected chi connectivity index (χ0v) is 43.1. The number of rotatable bonds is 13. The van der Waals surface area contributed by atoms with Gasteiger partial charge in [-0.2, -0.15) is 0 Å². The van der Waals surface area contributed by atoms with Crippen LogP contribution in [0.15, 0.2) is 79.0 Å². The predicted octanol–water partition coefficient (Wildman–Crippen LogP) is 5.83. The minimum atomic E-state index is -0.688. The van der Waals surface area contributed by atoms with Gasteiger partial charge in [0.05, 0.1) is 84.4 Å². The first kappa shape index (κ1) is 56.7. The summed E-state index contributed by atoms with van der Waals surface area (Å²) in [5, 5.41) is 19.2. The third-order valence-electron chi connectivity index (χ3n) is 10.4. The molecule has 0 radical (unpaired) electrons. The van der Waals surface area contributed by atoms with Gasteiger partial charge in [0.25, 0.3) is 11.8 Å². The Balaban J connectivity index is 1.08. The van der Waals surface area contributed by atoms with Crippen molar-refractivity contribution in [3.8, 4) is 17.2 Å². The summed E-state index contributed by atoms with van der Waals surface area (Å²) < 4.78 is 52.7. The van der Waals surface area contributed by atoms with Crippen LogP contribution in [0.25, 0.3) is 0 Å². The van der Waals surface area contributed by atoms with Crippen molar-refractivity contribution in [3.63, 3.8) is 0 Å². The van der Waals surface area contributed by atoms with E-state index >= 15 is 0 Å². The van der Waals surface area contributed by atoms with Crippen LogP contribution in [0.2, 0.25) is 0 Å². The number of nitrogens with zero attached hydrogens (tertiary/aromatic N) is 5. The highest BCUT2D eigenvalue weighted by Crippen LogP contribution is 2.29. The van der Waals surface area contributed by atoms with Gasteiger partial charge >= 0.3 is 5.97 Å². The second kappa shape index (κ2) is 28.2. The van der Waals surface area contributed by atoms with Crippen LogP contribution in [0.4, 0.5) is 23.3 Å². The van der Waals surface area contributed by atoms with Crippen LogP contribution >= 0.6 is 0 Å². The molecular formula is C52H65N9O14. The van der Waals surface area contributed by atoms with Crippen molar-refractivity contribution in [2.45, 2.75) is 54.7 Å². The molecule has 0 bridgehead atoms. The molecule has 0 fully saturated rings. The molecule has 0 atom stereocenters. The van der Waals surface area contributed by atoms with Gasteiger partial charge in [0, 0.05) is 22.0 Å². The standard InChI is InChI=1S/C52H65N9O14/c1-51(2,3)49(65)57-44-11-7-9-42(53-44)55-46(62)36-29-37(47(63)56-43-10-8-12-45(54-43)58-50(66)52(4,5)6)31-39(30-36)75-34-38-33-61(60-59-38)15-16-74-48(64)35-13-14-40-41(32-35)73-28-26-71-24-22-69-20-18-67-17-19-68-21-23-70-25-27-72-40/h7-14,29-33H,15-28,34H2,1-6H3,(H2,53,55,57,62,65)(H2,54,56,58,63,66). The van der Waals surface area contributed by atoms with Crippen LogP contribution in [0.1, 0.15) is 78.3 Å². The molecule has 2 aromatic carbocycles. The quantitative estimate of drug-likeness (QED) is 0.101. The summed E-state index contributed by atoms with van der Waals surface area (Å²) in [6, 6.07) is 18.5. The Labute approximate surface area is 434 Å².